The first kappa shape index (κ1) is 19.0. The number of aliphatic hydroxyl groups is 1. The van der Waals surface area contributed by atoms with Gasteiger partial charge in [-0.25, -0.2) is 4.98 Å². The Bertz CT molecular complexity index is 933. The van der Waals surface area contributed by atoms with Crippen molar-refractivity contribution >= 4 is 23.3 Å². The molecule has 0 saturated heterocycles. The van der Waals surface area contributed by atoms with Crippen molar-refractivity contribution in [1.82, 2.24) is 9.97 Å². The molecule has 0 aliphatic rings. The smallest absolute Gasteiger partial charge is 0.258 e. The highest BCUT2D eigenvalue weighted by molar-refractivity contribution is 6.30. The van der Waals surface area contributed by atoms with Gasteiger partial charge in [-0.1, -0.05) is 29.8 Å². The van der Waals surface area contributed by atoms with Crippen molar-refractivity contribution in [3.05, 3.63) is 88.3 Å². The van der Waals surface area contributed by atoms with E-state index in [1.165, 1.54) is 6.20 Å². The summed E-state index contributed by atoms with van der Waals surface area (Å²) in [5.74, 6) is 0.154. The largest absolute Gasteiger partial charge is 0.384 e. The molecule has 0 spiro atoms. The van der Waals surface area contributed by atoms with Crippen molar-refractivity contribution in [3.8, 4) is 0 Å². The zero-order valence-corrected chi connectivity index (χ0v) is 15.9. The van der Waals surface area contributed by atoms with E-state index in [2.05, 4.69) is 15.3 Å². The average Bonchev–Trinajstić information content (AvgIpc) is 2.63. The van der Waals surface area contributed by atoms with E-state index in [9.17, 15) is 9.90 Å². The Morgan fingerprint density at radius 1 is 1.07 bits per heavy atom. The Labute approximate surface area is 163 Å². The van der Waals surface area contributed by atoms with Crippen LogP contribution in [0.1, 0.15) is 41.0 Å². The van der Waals surface area contributed by atoms with Crippen molar-refractivity contribution in [2.45, 2.75) is 25.9 Å². The molecule has 27 heavy (non-hydrogen) atoms. The maximum Gasteiger partial charge on any atom is 0.258 e. The van der Waals surface area contributed by atoms with E-state index in [1.54, 1.807) is 38.2 Å². The van der Waals surface area contributed by atoms with E-state index < -0.39 is 5.60 Å². The number of benzene rings is 1. The van der Waals surface area contributed by atoms with Crippen molar-refractivity contribution in [3.63, 3.8) is 0 Å². The molecule has 0 atom stereocenters. The molecule has 0 unspecified atom stereocenters. The number of rotatable bonds is 5. The van der Waals surface area contributed by atoms with Crippen LogP contribution in [0.25, 0.3) is 0 Å². The minimum absolute atomic E-state index is 0.306. The molecule has 3 rings (SSSR count). The number of hydrogen-bond acceptors (Lipinski definition) is 4. The molecule has 2 heterocycles. The minimum atomic E-state index is -1.05. The topological polar surface area (TPSA) is 75.1 Å². The standard InChI is InChI=1S/C21H20ClN3O2/c1-21(2,27)18-8-7-16(13-23-18)20(26)25-19-9-6-15(12-24-19)10-14-4-3-5-17(22)11-14/h3-9,11-13,27H,10H2,1-2H3,(H,24,25,26). The first-order valence-electron chi connectivity index (χ1n) is 8.51. The van der Waals surface area contributed by atoms with E-state index in [0.717, 1.165) is 11.1 Å². The Morgan fingerprint density at radius 3 is 2.48 bits per heavy atom. The number of amides is 1. The maximum absolute atomic E-state index is 12.3. The van der Waals surface area contributed by atoms with Crippen LogP contribution >= 0.6 is 11.6 Å². The summed E-state index contributed by atoms with van der Waals surface area (Å²) in [5, 5.41) is 13.4. The highest BCUT2D eigenvalue weighted by Gasteiger charge is 2.18. The fourth-order valence-electron chi connectivity index (χ4n) is 2.56. The lowest BCUT2D eigenvalue weighted by Crippen LogP contribution is -2.19. The lowest BCUT2D eigenvalue weighted by molar-refractivity contribution is 0.0737. The second-order valence-corrected chi connectivity index (χ2v) is 7.24. The molecular formula is C21H20ClN3O2. The van der Waals surface area contributed by atoms with Crippen LogP contribution in [0.4, 0.5) is 5.82 Å². The van der Waals surface area contributed by atoms with Gasteiger partial charge in [-0.15, -0.1) is 0 Å². The molecule has 0 aliphatic heterocycles. The molecule has 2 aromatic heterocycles. The molecule has 1 amide bonds. The summed E-state index contributed by atoms with van der Waals surface area (Å²) < 4.78 is 0. The van der Waals surface area contributed by atoms with Crippen molar-refractivity contribution in [2.75, 3.05) is 5.32 Å². The number of anilines is 1. The second-order valence-electron chi connectivity index (χ2n) is 6.80. The van der Waals surface area contributed by atoms with Crippen LogP contribution < -0.4 is 5.32 Å². The summed E-state index contributed by atoms with van der Waals surface area (Å²) in [6.45, 7) is 3.29. The monoisotopic (exact) mass is 381 g/mol. The molecule has 0 bridgehead atoms. The fourth-order valence-corrected chi connectivity index (χ4v) is 2.78. The number of hydrogen-bond donors (Lipinski definition) is 2. The van der Waals surface area contributed by atoms with Crippen LogP contribution in [0.15, 0.2) is 60.9 Å². The number of carbonyl (C=O) groups is 1. The lowest BCUT2D eigenvalue weighted by atomic mass is 10.0. The van der Waals surface area contributed by atoms with Gasteiger partial charge < -0.3 is 10.4 Å². The summed E-state index contributed by atoms with van der Waals surface area (Å²) in [5.41, 5.74) is 1.97. The Balaban J connectivity index is 1.64. The third-order valence-corrected chi connectivity index (χ3v) is 4.25. The van der Waals surface area contributed by atoms with Gasteiger partial charge in [0.25, 0.3) is 5.91 Å². The van der Waals surface area contributed by atoms with E-state index in [0.29, 0.717) is 28.5 Å². The maximum atomic E-state index is 12.3. The zero-order chi connectivity index (χ0) is 19.4. The van der Waals surface area contributed by atoms with Crippen LogP contribution in [-0.4, -0.2) is 21.0 Å². The molecule has 3 aromatic rings. The molecule has 0 aliphatic carbocycles. The summed E-state index contributed by atoms with van der Waals surface area (Å²) in [6, 6.07) is 14.6. The van der Waals surface area contributed by atoms with Gasteiger partial charge in [0.05, 0.1) is 11.3 Å². The predicted molar refractivity (Wildman–Crippen MR) is 106 cm³/mol. The van der Waals surface area contributed by atoms with E-state index in [4.69, 9.17) is 11.6 Å². The first-order chi connectivity index (χ1) is 12.8. The van der Waals surface area contributed by atoms with Gasteiger partial charge in [0.15, 0.2) is 0 Å². The van der Waals surface area contributed by atoms with Crippen molar-refractivity contribution in [2.24, 2.45) is 0 Å². The fraction of sp³-hybridized carbons (Fsp3) is 0.190. The minimum Gasteiger partial charge on any atom is -0.384 e. The van der Waals surface area contributed by atoms with Gasteiger partial charge in [-0.2, -0.15) is 0 Å². The third-order valence-electron chi connectivity index (χ3n) is 4.02. The normalized spacial score (nSPS) is 11.3. The molecule has 1 aromatic carbocycles. The van der Waals surface area contributed by atoms with E-state index in [-0.39, 0.29) is 5.91 Å². The highest BCUT2D eigenvalue weighted by atomic mass is 35.5. The van der Waals surface area contributed by atoms with Crippen LogP contribution in [0.5, 0.6) is 0 Å². The van der Waals surface area contributed by atoms with Gasteiger partial charge in [0.2, 0.25) is 0 Å². The number of nitrogens with one attached hydrogen (secondary N) is 1. The Kier molecular flexibility index (Phi) is 5.54. The number of halogens is 1. The van der Waals surface area contributed by atoms with E-state index in [1.807, 2.05) is 30.3 Å². The first-order valence-corrected chi connectivity index (χ1v) is 8.89. The molecule has 2 N–H and O–H groups in total. The van der Waals surface area contributed by atoms with Gasteiger partial charge in [0, 0.05) is 17.4 Å². The Morgan fingerprint density at radius 2 is 1.89 bits per heavy atom. The molecule has 0 fully saturated rings. The molecule has 0 saturated carbocycles. The van der Waals surface area contributed by atoms with Crippen molar-refractivity contribution in [1.29, 1.82) is 0 Å². The quantitative estimate of drug-likeness (QED) is 0.694. The number of carbonyl (C=O) groups excluding carboxylic acids is 1. The lowest BCUT2D eigenvalue weighted by Gasteiger charge is -2.16. The molecule has 138 valence electrons. The van der Waals surface area contributed by atoms with Crippen LogP contribution in [0.3, 0.4) is 0 Å². The highest BCUT2D eigenvalue weighted by Crippen LogP contribution is 2.18. The average molecular weight is 382 g/mol. The van der Waals surface area contributed by atoms with Gasteiger partial charge in [0.1, 0.15) is 11.4 Å². The third kappa shape index (κ3) is 5.12. The van der Waals surface area contributed by atoms with Gasteiger partial charge in [-0.05, 0) is 61.7 Å². The zero-order valence-electron chi connectivity index (χ0n) is 15.1. The number of aromatic nitrogens is 2. The van der Waals surface area contributed by atoms with Crippen LogP contribution in [0.2, 0.25) is 5.02 Å². The number of nitrogens with zero attached hydrogens (tertiary/aromatic N) is 2. The molecule has 0 radical (unpaired) electrons. The molecule has 5 nitrogen and oxygen atoms in total. The SMILES string of the molecule is CC(C)(O)c1ccc(C(=O)Nc2ccc(Cc3cccc(Cl)c3)cn2)cn1. The summed E-state index contributed by atoms with van der Waals surface area (Å²) in [6.07, 6.45) is 3.88. The second kappa shape index (κ2) is 7.86. The van der Waals surface area contributed by atoms with Gasteiger partial charge in [-0.3, -0.25) is 9.78 Å². The van der Waals surface area contributed by atoms with E-state index >= 15 is 0 Å². The summed E-state index contributed by atoms with van der Waals surface area (Å²) in [4.78, 5) is 20.8. The van der Waals surface area contributed by atoms with Crippen LogP contribution in [0, 0.1) is 0 Å². The predicted octanol–water partition coefficient (Wildman–Crippen LogP) is 4.20. The summed E-state index contributed by atoms with van der Waals surface area (Å²) >= 11 is 6.00. The number of pyridine rings is 2. The van der Waals surface area contributed by atoms with Crippen molar-refractivity contribution < 1.29 is 9.90 Å². The summed E-state index contributed by atoms with van der Waals surface area (Å²) in [7, 11) is 0. The van der Waals surface area contributed by atoms with Gasteiger partial charge >= 0.3 is 0 Å². The molecular weight excluding hydrogens is 362 g/mol. The molecule has 6 heteroatoms. The Hall–Kier alpha value is -2.76. The van der Waals surface area contributed by atoms with Crippen LogP contribution in [-0.2, 0) is 12.0 Å².